The zero-order chi connectivity index (χ0) is 17.6. The second-order valence-electron chi connectivity index (χ2n) is 7.35. The van der Waals surface area contributed by atoms with Gasteiger partial charge in [-0.05, 0) is 55.4 Å². The Labute approximate surface area is 142 Å². The number of aliphatic hydroxyl groups excluding tert-OH is 1. The average molecular weight is 328 g/mol. The summed E-state index contributed by atoms with van der Waals surface area (Å²) in [5.74, 6) is -0.742. The van der Waals surface area contributed by atoms with Gasteiger partial charge in [0.15, 0.2) is 0 Å². The number of carbonyl (C=O) groups is 2. The minimum absolute atomic E-state index is 0.00144. The number of benzene rings is 1. The lowest BCUT2D eigenvalue weighted by atomic mass is 9.80. The first-order chi connectivity index (χ1) is 11.3. The number of rotatable bonds is 5. The van der Waals surface area contributed by atoms with E-state index in [9.17, 15) is 14.7 Å². The largest absolute Gasteiger partial charge is 0.393 e. The van der Waals surface area contributed by atoms with Crippen LogP contribution in [0.2, 0.25) is 0 Å². The van der Waals surface area contributed by atoms with E-state index < -0.39 is 11.4 Å². The quantitative estimate of drug-likeness (QED) is 0.667. The molecule has 1 heterocycles. The van der Waals surface area contributed by atoms with Gasteiger partial charge in [-0.3, -0.25) is 9.59 Å². The lowest BCUT2D eigenvalue weighted by Gasteiger charge is -2.21. The molecule has 128 valence electrons. The van der Waals surface area contributed by atoms with Crippen LogP contribution in [0.1, 0.15) is 54.2 Å². The van der Waals surface area contributed by atoms with Crippen LogP contribution in [0.5, 0.6) is 0 Å². The van der Waals surface area contributed by atoms with Crippen LogP contribution in [0.3, 0.4) is 0 Å². The second-order valence-corrected chi connectivity index (χ2v) is 7.35. The number of ketones is 2. The standard InChI is InChI=1S/C20H24O4/c1-11(2)15-9-13-6-5-12(3)14(17(13)19(23)18(15)22)7-8-16-20(4,10-21)24-16/h5-6,9,11,16,21H,7-8,10H2,1-4H3. The van der Waals surface area contributed by atoms with Crippen LogP contribution in [-0.4, -0.2) is 35.0 Å². The van der Waals surface area contributed by atoms with Gasteiger partial charge in [-0.2, -0.15) is 0 Å². The Balaban J connectivity index is 1.94. The van der Waals surface area contributed by atoms with Crippen molar-refractivity contribution in [2.45, 2.75) is 52.2 Å². The third-order valence-electron chi connectivity index (χ3n) is 5.21. The molecule has 1 saturated heterocycles. The van der Waals surface area contributed by atoms with Crippen LogP contribution in [0.15, 0.2) is 17.7 Å². The van der Waals surface area contributed by atoms with Crippen molar-refractivity contribution in [3.63, 3.8) is 0 Å². The second kappa shape index (κ2) is 5.94. The van der Waals surface area contributed by atoms with E-state index in [0.29, 0.717) is 17.6 Å². The fourth-order valence-corrected chi connectivity index (χ4v) is 3.46. The summed E-state index contributed by atoms with van der Waals surface area (Å²) >= 11 is 0. The lowest BCUT2D eigenvalue weighted by Crippen LogP contribution is -2.26. The smallest absolute Gasteiger partial charge is 0.234 e. The maximum Gasteiger partial charge on any atom is 0.234 e. The summed E-state index contributed by atoms with van der Waals surface area (Å²) < 4.78 is 5.54. The number of Topliss-reactive ketones (excluding diaryl/α,β-unsaturated/α-hetero) is 2. The SMILES string of the molecule is Cc1ccc2c(c1CCC1OC1(C)CO)C(=O)C(=O)C(C(C)C)=C2. The van der Waals surface area contributed by atoms with E-state index in [-0.39, 0.29) is 24.4 Å². The normalized spacial score (nSPS) is 25.8. The van der Waals surface area contributed by atoms with Crippen molar-refractivity contribution < 1.29 is 19.4 Å². The van der Waals surface area contributed by atoms with Crippen molar-refractivity contribution >= 4 is 17.6 Å². The van der Waals surface area contributed by atoms with Crippen molar-refractivity contribution in [3.8, 4) is 0 Å². The molecule has 3 rings (SSSR count). The Morgan fingerprint density at radius 1 is 1.25 bits per heavy atom. The van der Waals surface area contributed by atoms with E-state index in [1.807, 2.05) is 45.9 Å². The predicted molar refractivity (Wildman–Crippen MR) is 92.0 cm³/mol. The Morgan fingerprint density at radius 2 is 1.96 bits per heavy atom. The molecule has 0 aromatic heterocycles. The molecular weight excluding hydrogens is 304 g/mol. The molecule has 2 aliphatic rings. The van der Waals surface area contributed by atoms with Crippen LogP contribution in [0.4, 0.5) is 0 Å². The summed E-state index contributed by atoms with van der Waals surface area (Å²) in [4.78, 5) is 25.1. The molecule has 24 heavy (non-hydrogen) atoms. The monoisotopic (exact) mass is 328 g/mol. The number of epoxide rings is 1. The topological polar surface area (TPSA) is 66.9 Å². The molecule has 0 saturated carbocycles. The molecule has 1 aliphatic heterocycles. The van der Waals surface area contributed by atoms with E-state index in [0.717, 1.165) is 23.1 Å². The highest BCUT2D eigenvalue weighted by Crippen LogP contribution is 2.39. The van der Waals surface area contributed by atoms with Crippen LogP contribution in [0, 0.1) is 12.8 Å². The van der Waals surface area contributed by atoms with Crippen LogP contribution in [-0.2, 0) is 16.0 Å². The first-order valence-electron chi connectivity index (χ1n) is 8.50. The van der Waals surface area contributed by atoms with E-state index >= 15 is 0 Å². The van der Waals surface area contributed by atoms with Gasteiger partial charge in [0.1, 0.15) is 5.60 Å². The first-order valence-corrected chi connectivity index (χ1v) is 8.50. The van der Waals surface area contributed by atoms with Gasteiger partial charge in [-0.25, -0.2) is 0 Å². The highest BCUT2D eigenvalue weighted by atomic mass is 16.6. The highest BCUT2D eigenvalue weighted by molar-refractivity contribution is 6.52. The maximum atomic E-state index is 12.7. The van der Waals surface area contributed by atoms with E-state index in [1.54, 1.807) is 0 Å². The average Bonchev–Trinajstić information content (AvgIpc) is 3.20. The Hall–Kier alpha value is -1.78. The van der Waals surface area contributed by atoms with E-state index in [1.165, 1.54) is 0 Å². The zero-order valence-corrected chi connectivity index (χ0v) is 14.7. The van der Waals surface area contributed by atoms with Gasteiger partial charge >= 0.3 is 0 Å². The number of allylic oxidation sites excluding steroid dienone is 1. The molecule has 1 aliphatic carbocycles. The van der Waals surface area contributed by atoms with Gasteiger partial charge in [0.2, 0.25) is 11.6 Å². The zero-order valence-electron chi connectivity index (χ0n) is 14.7. The summed E-state index contributed by atoms with van der Waals surface area (Å²) in [5.41, 5.74) is 3.47. The summed E-state index contributed by atoms with van der Waals surface area (Å²) in [6.45, 7) is 7.71. The van der Waals surface area contributed by atoms with Crippen LogP contribution < -0.4 is 0 Å². The first kappa shape index (κ1) is 17.1. The molecule has 0 amide bonds. The molecule has 2 unspecified atom stereocenters. The van der Waals surface area contributed by atoms with Crippen molar-refractivity contribution in [1.82, 2.24) is 0 Å². The van der Waals surface area contributed by atoms with Crippen molar-refractivity contribution in [3.05, 3.63) is 40.0 Å². The maximum absolute atomic E-state index is 12.7. The Bertz CT molecular complexity index is 744. The summed E-state index contributed by atoms with van der Waals surface area (Å²) in [7, 11) is 0. The third kappa shape index (κ3) is 2.74. The molecule has 1 aromatic rings. The highest BCUT2D eigenvalue weighted by Gasteiger charge is 2.51. The third-order valence-corrected chi connectivity index (χ3v) is 5.21. The number of ether oxygens (including phenoxy) is 1. The fraction of sp³-hybridized carbons (Fsp3) is 0.500. The minimum atomic E-state index is -0.451. The molecule has 0 bridgehead atoms. The van der Waals surface area contributed by atoms with Crippen molar-refractivity contribution in [1.29, 1.82) is 0 Å². The van der Waals surface area contributed by atoms with Crippen LogP contribution in [0.25, 0.3) is 6.08 Å². The summed E-state index contributed by atoms with van der Waals surface area (Å²) in [6, 6.07) is 3.93. The Kier molecular flexibility index (Phi) is 4.22. The van der Waals surface area contributed by atoms with Gasteiger partial charge < -0.3 is 9.84 Å². The van der Waals surface area contributed by atoms with Crippen LogP contribution >= 0.6 is 0 Å². The van der Waals surface area contributed by atoms with Gasteiger partial charge in [0.25, 0.3) is 0 Å². The molecule has 0 radical (unpaired) electrons. The molecule has 4 nitrogen and oxygen atoms in total. The lowest BCUT2D eigenvalue weighted by molar-refractivity contribution is -0.112. The number of aryl methyl sites for hydroxylation is 1. The predicted octanol–water partition coefficient (Wildman–Crippen LogP) is 2.88. The molecule has 1 fully saturated rings. The molecule has 2 atom stereocenters. The van der Waals surface area contributed by atoms with Crippen molar-refractivity contribution in [2.24, 2.45) is 5.92 Å². The summed E-state index contributed by atoms with van der Waals surface area (Å²) in [6.07, 6.45) is 3.27. The van der Waals surface area contributed by atoms with Gasteiger partial charge in [0, 0.05) is 11.1 Å². The number of hydrogen-bond acceptors (Lipinski definition) is 4. The minimum Gasteiger partial charge on any atom is -0.393 e. The van der Waals surface area contributed by atoms with E-state index in [2.05, 4.69) is 0 Å². The molecule has 4 heteroatoms. The molecule has 1 aromatic carbocycles. The number of aliphatic hydroxyl groups is 1. The molecule has 0 spiro atoms. The van der Waals surface area contributed by atoms with Gasteiger partial charge in [-0.15, -0.1) is 0 Å². The molecular formula is C20H24O4. The Morgan fingerprint density at radius 3 is 2.54 bits per heavy atom. The number of hydrogen-bond donors (Lipinski definition) is 1. The van der Waals surface area contributed by atoms with Crippen molar-refractivity contribution in [2.75, 3.05) is 6.61 Å². The summed E-state index contributed by atoms with van der Waals surface area (Å²) in [5, 5.41) is 9.31. The van der Waals surface area contributed by atoms with Gasteiger partial charge in [-0.1, -0.05) is 26.0 Å². The number of carbonyl (C=O) groups excluding carboxylic acids is 2. The van der Waals surface area contributed by atoms with E-state index in [4.69, 9.17) is 4.74 Å². The fourth-order valence-electron chi connectivity index (χ4n) is 3.46. The number of fused-ring (bicyclic) bond motifs is 1. The molecule has 1 N–H and O–H groups in total. The van der Waals surface area contributed by atoms with Gasteiger partial charge in [0.05, 0.1) is 12.7 Å².